The summed E-state index contributed by atoms with van der Waals surface area (Å²) in [5, 5.41) is 10.6. The van der Waals surface area contributed by atoms with Crippen molar-refractivity contribution in [3.63, 3.8) is 0 Å². The van der Waals surface area contributed by atoms with Gasteiger partial charge in [0, 0.05) is 30.2 Å². The summed E-state index contributed by atoms with van der Waals surface area (Å²) in [5.41, 5.74) is 2.92. The van der Waals surface area contributed by atoms with Crippen molar-refractivity contribution in [1.29, 1.82) is 0 Å². The molecule has 11 heteroatoms. The number of fused-ring (bicyclic) bond motifs is 3. The number of nitrogens with one attached hydrogen (secondary N) is 3. The topological polar surface area (TPSA) is 114 Å². The summed E-state index contributed by atoms with van der Waals surface area (Å²) in [6, 6.07) is 12.3. The van der Waals surface area contributed by atoms with Crippen molar-refractivity contribution in [1.82, 2.24) is 20.2 Å². The second kappa shape index (κ2) is 12.5. The van der Waals surface area contributed by atoms with E-state index < -0.39 is 11.2 Å². The number of rotatable bonds is 9. The van der Waals surface area contributed by atoms with Crippen LogP contribution < -0.4 is 20.7 Å². The van der Waals surface area contributed by atoms with Crippen LogP contribution in [0.1, 0.15) is 75.7 Å². The number of hydrogen-bond donors (Lipinski definition) is 3. The minimum atomic E-state index is -1.20. The van der Waals surface area contributed by atoms with Gasteiger partial charge in [-0.25, -0.2) is 4.98 Å². The van der Waals surface area contributed by atoms with E-state index >= 15 is 0 Å². The third-order valence-corrected chi connectivity index (χ3v) is 10.3. The van der Waals surface area contributed by atoms with Crippen LogP contribution in [0.15, 0.2) is 47.5 Å². The number of hydrogen-bond acceptors (Lipinski definition) is 8. The van der Waals surface area contributed by atoms with Crippen LogP contribution in [0.4, 0.5) is 23.1 Å². The van der Waals surface area contributed by atoms with E-state index in [1.165, 1.54) is 25.5 Å². The molecule has 2 aromatic carbocycles. The highest BCUT2D eigenvalue weighted by Gasteiger charge is 2.43. The van der Waals surface area contributed by atoms with E-state index in [1.807, 2.05) is 64.1 Å². The van der Waals surface area contributed by atoms with Gasteiger partial charge >= 0.3 is 0 Å². The molecule has 2 unspecified atom stereocenters. The summed E-state index contributed by atoms with van der Waals surface area (Å²) < 4.78 is 19.1. The molecule has 3 aliphatic rings. The largest absolute Gasteiger partial charge is 0.611 e. The Bertz CT molecular complexity index is 1500. The molecule has 6 rings (SSSR count). The Morgan fingerprint density at radius 2 is 1.91 bits per heavy atom. The summed E-state index contributed by atoms with van der Waals surface area (Å²) in [6.07, 6.45) is 7.20. The van der Waals surface area contributed by atoms with Crippen molar-refractivity contribution in [3.8, 4) is 5.75 Å². The van der Waals surface area contributed by atoms with Gasteiger partial charge < -0.3 is 30.1 Å². The Labute approximate surface area is 261 Å². The van der Waals surface area contributed by atoms with Crippen LogP contribution in [-0.4, -0.2) is 54.8 Å². The Morgan fingerprint density at radius 3 is 2.70 bits per heavy atom. The van der Waals surface area contributed by atoms with Gasteiger partial charge in [0.15, 0.2) is 10.7 Å². The third-order valence-electron chi connectivity index (χ3n) is 8.33. The highest BCUT2D eigenvalue weighted by atomic mass is 35.5. The normalized spacial score (nSPS) is 22.1. The number of anilines is 4. The minimum absolute atomic E-state index is 0.0482. The maximum absolute atomic E-state index is 13.8. The second-order valence-electron chi connectivity index (χ2n) is 12.1. The lowest BCUT2D eigenvalue weighted by Crippen LogP contribution is -2.43. The molecule has 4 atom stereocenters. The molecule has 3 N–H and O–H groups in total. The van der Waals surface area contributed by atoms with Crippen molar-refractivity contribution in [2.24, 2.45) is 0 Å². The maximum atomic E-state index is 13.8. The molecule has 2 fully saturated rings. The van der Waals surface area contributed by atoms with Crippen LogP contribution in [0.3, 0.4) is 0 Å². The van der Waals surface area contributed by atoms with E-state index in [4.69, 9.17) is 16.3 Å². The fourth-order valence-corrected chi connectivity index (χ4v) is 7.55. The molecule has 4 heterocycles. The molecule has 2 saturated heterocycles. The van der Waals surface area contributed by atoms with E-state index in [0.717, 1.165) is 18.4 Å². The van der Waals surface area contributed by atoms with Gasteiger partial charge in [-0.15, -0.1) is 0 Å². The van der Waals surface area contributed by atoms with Gasteiger partial charge in [-0.3, -0.25) is 4.79 Å². The van der Waals surface area contributed by atoms with E-state index in [2.05, 4.69) is 30.8 Å². The molecule has 0 radical (unpaired) electrons. The van der Waals surface area contributed by atoms with Gasteiger partial charge in [0.1, 0.15) is 16.0 Å². The zero-order chi connectivity index (χ0) is 30.2. The molecule has 0 spiro atoms. The molecular formula is C32H39ClN6O3S. The summed E-state index contributed by atoms with van der Waals surface area (Å²) in [6.45, 7) is 8.37. The predicted molar refractivity (Wildman–Crippen MR) is 171 cm³/mol. The van der Waals surface area contributed by atoms with Crippen molar-refractivity contribution in [3.05, 3.63) is 58.7 Å². The van der Waals surface area contributed by atoms with Gasteiger partial charge in [0.25, 0.3) is 5.91 Å². The SMILES string of the molecule is CC(C)Oc1cc2c(cc1Nc1ncc(Cl)c(Nc3ccccc3[S+]([O-])C(C)C)n1)C(=O)N([C@@H]1CC3CCCC[C@@H]1N3)C2. The van der Waals surface area contributed by atoms with Crippen LogP contribution in [0.2, 0.25) is 5.02 Å². The number of carbonyl (C=O) groups is 1. The van der Waals surface area contributed by atoms with Crippen LogP contribution in [0.25, 0.3) is 0 Å². The zero-order valence-corrected chi connectivity index (χ0v) is 26.6. The molecule has 228 valence electrons. The summed E-state index contributed by atoms with van der Waals surface area (Å²) in [4.78, 5) is 25.5. The minimum Gasteiger partial charge on any atom is -0.611 e. The molecule has 43 heavy (non-hydrogen) atoms. The molecule has 0 aliphatic carbocycles. The standard InChI is InChI=1S/C32H39ClN6O3S/c1-18(2)42-28-13-20-17-39(27-14-21-9-5-6-10-24(27)35-21)31(40)22(20)15-26(28)37-32-34-16-23(33)30(38-32)36-25-11-7-8-12-29(25)43(41)19(3)4/h7-8,11-13,15-16,18-19,21,24,27,35H,5-6,9-10,14,17H2,1-4H3,(H2,34,36,37,38)/t21?,24-,27+,43?/m0/s1. The van der Waals surface area contributed by atoms with E-state index in [9.17, 15) is 9.35 Å². The number of halogens is 1. The number of nitrogens with zero attached hydrogens (tertiary/aromatic N) is 3. The van der Waals surface area contributed by atoms with Gasteiger partial charge in [-0.1, -0.05) is 36.6 Å². The third kappa shape index (κ3) is 6.29. The molecule has 2 bridgehead atoms. The quantitative estimate of drug-likeness (QED) is 0.230. The lowest BCUT2D eigenvalue weighted by atomic mass is 9.95. The number of para-hydroxylation sites is 1. The smallest absolute Gasteiger partial charge is 0.254 e. The fraction of sp³-hybridized carbons (Fsp3) is 0.469. The Kier molecular flexibility index (Phi) is 8.73. The van der Waals surface area contributed by atoms with Crippen LogP contribution in [0.5, 0.6) is 5.75 Å². The van der Waals surface area contributed by atoms with Crippen molar-refractivity contribution in [2.45, 2.75) is 101 Å². The number of amides is 1. The van der Waals surface area contributed by atoms with Gasteiger partial charge in [0.2, 0.25) is 5.95 Å². The first kappa shape index (κ1) is 30.0. The Balaban J connectivity index is 1.27. The maximum Gasteiger partial charge on any atom is 0.254 e. The van der Waals surface area contributed by atoms with Gasteiger partial charge in [-0.05, 0) is 88.0 Å². The number of benzene rings is 2. The van der Waals surface area contributed by atoms with Gasteiger partial charge in [-0.2, -0.15) is 4.98 Å². The van der Waals surface area contributed by atoms with Crippen LogP contribution >= 0.6 is 11.6 Å². The first-order valence-electron chi connectivity index (χ1n) is 15.1. The van der Waals surface area contributed by atoms with Crippen LogP contribution in [0, 0.1) is 0 Å². The first-order chi connectivity index (χ1) is 20.7. The average molecular weight is 623 g/mol. The molecule has 3 aliphatic heterocycles. The fourth-order valence-electron chi connectivity index (χ4n) is 6.36. The average Bonchev–Trinajstić information content (AvgIpc) is 3.41. The number of carbonyl (C=O) groups excluding carboxylic acids is 1. The lowest BCUT2D eigenvalue weighted by molar-refractivity contribution is 0.0681. The summed E-state index contributed by atoms with van der Waals surface area (Å²) in [5.74, 6) is 1.35. The molecule has 1 aromatic heterocycles. The van der Waals surface area contributed by atoms with E-state index in [0.29, 0.717) is 57.1 Å². The molecule has 1 amide bonds. The monoisotopic (exact) mass is 622 g/mol. The Morgan fingerprint density at radius 1 is 1.12 bits per heavy atom. The number of ether oxygens (including phenoxy) is 1. The zero-order valence-electron chi connectivity index (χ0n) is 25.0. The van der Waals surface area contributed by atoms with E-state index in [-0.39, 0.29) is 29.3 Å². The Hall–Kier alpha value is -3.05. The number of aromatic nitrogens is 2. The molecule has 3 aromatic rings. The summed E-state index contributed by atoms with van der Waals surface area (Å²) in [7, 11) is 0. The van der Waals surface area contributed by atoms with Crippen molar-refractivity contribution in [2.75, 3.05) is 10.6 Å². The molecular weight excluding hydrogens is 584 g/mol. The van der Waals surface area contributed by atoms with E-state index in [1.54, 1.807) is 0 Å². The van der Waals surface area contributed by atoms with Gasteiger partial charge in [0.05, 0.1) is 23.7 Å². The summed E-state index contributed by atoms with van der Waals surface area (Å²) >= 11 is 5.29. The van der Waals surface area contributed by atoms with Crippen LogP contribution in [-0.2, 0) is 17.7 Å². The predicted octanol–water partition coefficient (Wildman–Crippen LogP) is 6.55. The highest BCUT2D eigenvalue weighted by molar-refractivity contribution is 7.92. The molecule has 9 nitrogen and oxygen atoms in total. The second-order valence-corrected chi connectivity index (χ2v) is 14.5. The highest BCUT2D eigenvalue weighted by Crippen LogP contribution is 2.39. The lowest BCUT2D eigenvalue weighted by Gasteiger charge is -2.29. The van der Waals surface area contributed by atoms with Crippen molar-refractivity contribution >= 4 is 51.8 Å². The van der Waals surface area contributed by atoms with Crippen molar-refractivity contribution < 1.29 is 14.1 Å². The first-order valence-corrected chi connectivity index (χ1v) is 16.7. The molecule has 0 saturated carbocycles.